The molecule has 1 aliphatic rings. The molecular weight excluding hydrogens is 272 g/mol. The third-order valence-corrected chi connectivity index (χ3v) is 4.32. The third-order valence-electron chi connectivity index (χ3n) is 3.99. The van der Waals surface area contributed by atoms with Gasteiger partial charge in [-0.2, -0.15) is 0 Å². The van der Waals surface area contributed by atoms with E-state index in [0.717, 1.165) is 11.6 Å². The Hall–Kier alpha value is -1.22. The Bertz CT molecular complexity index is 479. The summed E-state index contributed by atoms with van der Waals surface area (Å²) in [6.45, 7) is 2.31. The lowest BCUT2D eigenvalue weighted by Crippen LogP contribution is -2.26. The van der Waals surface area contributed by atoms with Gasteiger partial charge >= 0.3 is 0 Å². The molecule has 0 aliphatic heterocycles. The maximum absolute atomic E-state index is 12.1. The van der Waals surface area contributed by atoms with Crippen LogP contribution in [0.5, 0.6) is 0 Å². The molecule has 1 fully saturated rings. The standard InChI is InChI=1S/C16H23ClN2O/c1-11-4-6-12(7-5-11)18-13-8-9-15(17)14(10-13)16(20)19(2)3/h8-12,18H,4-7H2,1-3H3. The highest BCUT2D eigenvalue weighted by Crippen LogP contribution is 2.28. The fraction of sp³-hybridized carbons (Fsp3) is 0.562. The van der Waals surface area contributed by atoms with Crippen molar-refractivity contribution in [1.82, 2.24) is 4.90 Å². The van der Waals surface area contributed by atoms with Crippen molar-refractivity contribution in [2.45, 2.75) is 38.6 Å². The van der Waals surface area contributed by atoms with Crippen LogP contribution >= 0.6 is 11.6 Å². The quantitative estimate of drug-likeness (QED) is 0.913. The van der Waals surface area contributed by atoms with Crippen molar-refractivity contribution in [2.75, 3.05) is 19.4 Å². The summed E-state index contributed by atoms with van der Waals surface area (Å²) in [5.74, 6) is 0.778. The molecule has 1 aromatic rings. The molecule has 1 saturated carbocycles. The van der Waals surface area contributed by atoms with Crippen LogP contribution in [0.2, 0.25) is 5.02 Å². The average Bonchev–Trinajstić information content (AvgIpc) is 2.42. The van der Waals surface area contributed by atoms with Crippen LogP contribution in [-0.2, 0) is 0 Å². The number of amides is 1. The van der Waals surface area contributed by atoms with Crippen LogP contribution in [0.3, 0.4) is 0 Å². The van der Waals surface area contributed by atoms with Gasteiger partial charge in [0.2, 0.25) is 0 Å². The molecule has 1 amide bonds. The van der Waals surface area contributed by atoms with Crippen molar-refractivity contribution < 1.29 is 4.79 Å². The van der Waals surface area contributed by atoms with Gasteiger partial charge in [0.15, 0.2) is 0 Å². The molecule has 1 aliphatic carbocycles. The lowest BCUT2D eigenvalue weighted by atomic mass is 9.87. The first-order valence-corrected chi connectivity index (χ1v) is 7.63. The Morgan fingerprint density at radius 1 is 1.25 bits per heavy atom. The van der Waals surface area contributed by atoms with Gasteiger partial charge in [-0.05, 0) is 49.8 Å². The Balaban J connectivity index is 2.09. The Morgan fingerprint density at radius 3 is 2.50 bits per heavy atom. The zero-order chi connectivity index (χ0) is 14.7. The number of nitrogens with zero attached hydrogens (tertiary/aromatic N) is 1. The predicted octanol–water partition coefficient (Wildman–Crippen LogP) is 4.03. The monoisotopic (exact) mass is 294 g/mol. The fourth-order valence-electron chi connectivity index (χ4n) is 2.66. The molecule has 0 atom stereocenters. The van der Waals surface area contributed by atoms with Crippen molar-refractivity contribution in [1.29, 1.82) is 0 Å². The summed E-state index contributed by atoms with van der Waals surface area (Å²) in [6.07, 6.45) is 4.94. The zero-order valence-electron chi connectivity index (χ0n) is 12.4. The molecule has 0 bridgehead atoms. The SMILES string of the molecule is CC1CCC(Nc2ccc(Cl)c(C(=O)N(C)C)c2)CC1. The molecular formula is C16H23ClN2O. The van der Waals surface area contributed by atoms with Gasteiger partial charge in [0.1, 0.15) is 0 Å². The van der Waals surface area contributed by atoms with E-state index in [4.69, 9.17) is 11.6 Å². The minimum absolute atomic E-state index is 0.0593. The maximum Gasteiger partial charge on any atom is 0.254 e. The molecule has 20 heavy (non-hydrogen) atoms. The summed E-state index contributed by atoms with van der Waals surface area (Å²) in [6, 6.07) is 6.12. The highest BCUT2D eigenvalue weighted by molar-refractivity contribution is 6.34. The largest absolute Gasteiger partial charge is 0.382 e. The highest BCUT2D eigenvalue weighted by Gasteiger charge is 2.19. The molecule has 0 heterocycles. The van der Waals surface area contributed by atoms with Gasteiger partial charge in [-0.25, -0.2) is 0 Å². The maximum atomic E-state index is 12.1. The second kappa shape index (κ2) is 6.49. The summed E-state index contributed by atoms with van der Waals surface area (Å²) < 4.78 is 0. The molecule has 0 aromatic heterocycles. The lowest BCUT2D eigenvalue weighted by Gasteiger charge is -2.28. The number of anilines is 1. The molecule has 0 saturated heterocycles. The van der Waals surface area contributed by atoms with Crippen molar-refractivity contribution in [3.8, 4) is 0 Å². The molecule has 0 spiro atoms. The predicted molar refractivity (Wildman–Crippen MR) is 84.5 cm³/mol. The Morgan fingerprint density at radius 2 is 1.90 bits per heavy atom. The first-order valence-electron chi connectivity index (χ1n) is 7.25. The van der Waals surface area contributed by atoms with E-state index in [-0.39, 0.29) is 5.91 Å². The number of rotatable bonds is 3. The van der Waals surface area contributed by atoms with Crippen molar-refractivity contribution in [2.24, 2.45) is 5.92 Å². The van der Waals surface area contributed by atoms with E-state index in [1.807, 2.05) is 12.1 Å². The summed E-state index contributed by atoms with van der Waals surface area (Å²) >= 11 is 6.12. The van der Waals surface area contributed by atoms with E-state index >= 15 is 0 Å². The highest BCUT2D eigenvalue weighted by atomic mass is 35.5. The van der Waals surface area contributed by atoms with E-state index < -0.39 is 0 Å². The number of nitrogens with one attached hydrogen (secondary N) is 1. The molecule has 1 N–H and O–H groups in total. The average molecular weight is 295 g/mol. The third kappa shape index (κ3) is 3.66. The second-order valence-corrected chi connectivity index (χ2v) is 6.40. The van der Waals surface area contributed by atoms with Crippen LogP contribution in [0.4, 0.5) is 5.69 Å². The van der Waals surface area contributed by atoms with Crippen molar-refractivity contribution in [3.05, 3.63) is 28.8 Å². The number of hydrogen-bond acceptors (Lipinski definition) is 2. The zero-order valence-corrected chi connectivity index (χ0v) is 13.2. The molecule has 1 aromatic carbocycles. The first kappa shape index (κ1) is 15.2. The minimum Gasteiger partial charge on any atom is -0.382 e. The number of carbonyl (C=O) groups excluding carboxylic acids is 1. The van der Waals surface area contributed by atoms with Gasteiger partial charge in [0.05, 0.1) is 10.6 Å². The molecule has 3 nitrogen and oxygen atoms in total. The van der Waals surface area contributed by atoms with Crippen LogP contribution in [0.1, 0.15) is 43.0 Å². The second-order valence-electron chi connectivity index (χ2n) is 6.00. The number of benzene rings is 1. The number of carbonyl (C=O) groups is 1. The topological polar surface area (TPSA) is 32.3 Å². The summed E-state index contributed by atoms with van der Waals surface area (Å²) in [5.41, 5.74) is 1.55. The van der Waals surface area contributed by atoms with Gasteiger partial charge in [-0.3, -0.25) is 4.79 Å². The smallest absolute Gasteiger partial charge is 0.254 e. The van der Waals surface area contributed by atoms with Crippen LogP contribution < -0.4 is 5.32 Å². The normalized spacial score (nSPS) is 22.4. The van der Waals surface area contributed by atoms with E-state index in [1.165, 1.54) is 25.7 Å². The van der Waals surface area contributed by atoms with Gasteiger partial charge in [-0.1, -0.05) is 18.5 Å². The Labute approximate surface area is 126 Å². The molecule has 0 radical (unpaired) electrons. The van der Waals surface area contributed by atoms with E-state index in [1.54, 1.807) is 25.1 Å². The van der Waals surface area contributed by atoms with Gasteiger partial charge in [0.25, 0.3) is 5.91 Å². The summed E-state index contributed by atoms with van der Waals surface area (Å²) in [5, 5.41) is 4.04. The molecule has 4 heteroatoms. The van der Waals surface area contributed by atoms with E-state index in [9.17, 15) is 4.79 Å². The van der Waals surface area contributed by atoms with Crippen molar-refractivity contribution in [3.63, 3.8) is 0 Å². The van der Waals surface area contributed by atoms with Crippen LogP contribution in [0, 0.1) is 5.92 Å². The van der Waals surface area contributed by atoms with E-state index in [2.05, 4.69) is 12.2 Å². The lowest BCUT2D eigenvalue weighted by molar-refractivity contribution is 0.0828. The molecule has 0 unspecified atom stereocenters. The van der Waals surface area contributed by atoms with E-state index in [0.29, 0.717) is 16.6 Å². The van der Waals surface area contributed by atoms with Gasteiger partial charge in [0, 0.05) is 25.8 Å². The minimum atomic E-state index is -0.0593. The van der Waals surface area contributed by atoms with Crippen LogP contribution in [0.25, 0.3) is 0 Å². The van der Waals surface area contributed by atoms with Crippen molar-refractivity contribution >= 4 is 23.2 Å². The Kier molecular flexibility index (Phi) is 4.92. The fourth-order valence-corrected chi connectivity index (χ4v) is 2.86. The first-order chi connectivity index (χ1) is 9.47. The number of hydrogen-bond donors (Lipinski definition) is 1. The molecule has 110 valence electrons. The summed E-state index contributed by atoms with van der Waals surface area (Å²) in [4.78, 5) is 13.6. The molecule has 2 rings (SSSR count). The summed E-state index contributed by atoms with van der Waals surface area (Å²) in [7, 11) is 3.47. The van der Waals surface area contributed by atoms with Crippen LogP contribution in [0.15, 0.2) is 18.2 Å². The number of halogens is 1. The van der Waals surface area contributed by atoms with Gasteiger partial charge < -0.3 is 10.2 Å². The van der Waals surface area contributed by atoms with Crippen LogP contribution in [-0.4, -0.2) is 30.9 Å². The van der Waals surface area contributed by atoms with Gasteiger partial charge in [-0.15, -0.1) is 0 Å².